The number of nitrogens with zero attached hydrogens (tertiary/aromatic N) is 1. The average Bonchev–Trinajstić information content (AvgIpc) is 2.16. The molecule has 0 spiro atoms. The maximum absolute atomic E-state index is 11.1. The summed E-state index contributed by atoms with van der Waals surface area (Å²) in [5, 5.41) is 12.5. The molecule has 16 heavy (non-hydrogen) atoms. The van der Waals surface area contributed by atoms with Gasteiger partial charge in [0.1, 0.15) is 0 Å². The molecule has 1 aromatic carbocycles. The second-order valence-corrected chi connectivity index (χ2v) is 3.82. The molecule has 0 saturated carbocycles. The number of anilines is 1. The molecule has 1 N–H and O–H groups in total. The van der Waals surface area contributed by atoms with Gasteiger partial charge in [0.15, 0.2) is 0 Å². The molecule has 0 saturated heterocycles. The molecule has 0 radical (unpaired) electrons. The molecule has 0 fully saturated rings. The Morgan fingerprint density at radius 3 is 2.38 bits per heavy atom. The van der Waals surface area contributed by atoms with Crippen molar-refractivity contribution in [3.05, 3.63) is 39.9 Å². The molecule has 0 aliphatic carbocycles. The first-order valence-electron chi connectivity index (χ1n) is 5.00. The zero-order chi connectivity index (χ0) is 12.1. The van der Waals surface area contributed by atoms with Gasteiger partial charge in [-0.05, 0) is 23.6 Å². The standard InChI is InChI=1S/C11H14N2O3/c1-8(2)9-3-5-10(6-4-9)12-11(14)7-13(15)16/h3-6,8H,7H2,1-2H3,(H,12,14). The van der Waals surface area contributed by atoms with Gasteiger partial charge in [-0.1, -0.05) is 26.0 Å². The summed E-state index contributed by atoms with van der Waals surface area (Å²) in [5.41, 5.74) is 1.74. The van der Waals surface area contributed by atoms with E-state index in [9.17, 15) is 14.9 Å². The summed E-state index contributed by atoms with van der Waals surface area (Å²) in [7, 11) is 0. The van der Waals surface area contributed by atoms with Crippen molar-refractivity contribution in [1.29, 1.82) is 0 Å². The smallest absolute Gasteiger partial charge is 0.296 e. The number of benzene rings is 1. The minimum atomic E-state index is -0.702. The minimum Gasteiger partial charge on any atom is -0.320 e. The summed E-state index contributed by atoms with van der Waals surface area (Å²) in [6, 6.07) is 7.28. The lowest BCUT2D eigenvalue weighted by molar-refractivity contribution is -0.467. The number of amides is 1. The third-order valence-corrected chi connectivity index (χ3v) is 2.13. The van der Waals surface area contributed by atoms with E-state index in [0.29, 0.717) is 11.6 Å². The third-order valence-electron chi connectivity index (χ3n) is 2.13. The van der Waals surface area contributed by atoms with Gasteiger partial charge in [0, 0.05) is 10.6 Å². The Morgan fingerprint density at radius 2 is 1.94 bits per heavy atom. The molecule has 0 aromatic heterocycles. The Labute approximate surface area is 93.6 Å². The summed E-state index contributed by atoms with van der Waals surface area (Å²) in [5.74, 6) is -0.189. The van der Waals surface area contributed by atoms with Crippen LogP contribution < -0.4 is 5.32 Å². The highest BCUT2D eigenvalue weighted by Gasteiger charge is 2.09. The number of carbonyl (C=O) groups is 1. The summed E-state index contributed by atoms with van der Waals surface area (Å²) in [6.45, 7) is 3.44. The monoisotopic (exact) mass is 222 g/mol. The van der Waals surface area contributed by atoms with Crippen molar-refractivity contribution in [3.8, 4) is 0 Å². The number of nitro groups is 1. The molecule has 0 aliphatic heterocycles. The van der Waals surface area contributed by atoms with Crippen LogP contribution in [0.3, 0.4) is 0 Å². The zero-order valence-corrected chi connectivity index (χ0v) is 9.27. The number of nitrogens with one attached hydrogen (secondary N) is 1. The van der Waals surface area contributed by atoms with Crippen molar-refractivity contribution in [2.24, 2.45) is 0 Å². The Morgan fingerprint density at radius 1 is 1.38 bits per heavy atom. The quantitative estimate of drug-likeness (QED) is 0.625. The molecule has 0 atom stereocenters. The van der Waals surface area contributed by atoms with Crippen molar-refractivity contribution in [3.63, 3.8) is 0 Å². The summed E-state index contributed by atoms with van der Waals surface area (Å²) in [6.07, 6.45) is 0. The summed E-state index contributed by atoms with van der Waals surface area (Å²) in [4.78, 5) is 20.5. The minimum absolute atomic E-state index is 0.420. The van der Waals surface area contributed by atoms with Gasteiger partial charge in [-0.3, -0.25) is 14.9 Å². The highest BCUT2D eigenvalue weighted by Crippen LogP contribution is 2.16. The Bertz CT molecular complexity index is 385. The fourth-order valence-corrected chi connectivity index (χ4v) is 1.27. The molecule has 1 amide bonds. The predicted octanol–water partition coefficient (Wildman–Crippen LogP) is 2.03. The molecule has 1 rings (SSSR count). The topological polar surface area (TPSA) is 72.2 Å². The zero-order valence-electron chi connectivity index (χ0n) is 9.27. The van der Waals surface area contributed by atoms with Gasteiger partial charge in [-0.25, -0.2) is 0 Å². The van der Waals surface area contributed by atoms with Crippen molar-refractivity contribution >= 4 is 11.6 Å². The molecular weight excluding hydrogens is 208 g/mol. The second-order valence-electron chi connectivity index (χ2n) is 3.82. The number of hydrogen-bond donors (Lipinski definition) is 1. The van der Waals surface area contributed by atoms with Gasteiger partial charge in [0.2, 0.25) is 0 Å². The van der Waals surface area contributed by atoms with Crippen molar-refractivity contribution in [1.82, 2.24) is 0 Å². The third kappa shape index (κ3) is 3.68. The van der Waals surface area contributed by atoms with Crippen LogP contribution in [0, 0.1) is 10.1 Å². The normalized spacial score (nSPS) is 10.2. The molecule has 0 heterocycles. The Kier molecular flexibility index (Phi) is 3.99. The predicted molar refractivity (Wildman–Crippen MR) is 61.0 cm³/mol. The van der Waals surface area contributed by atoms with Gasteiger partial charge in [-0.15, -0.1) is 0 Å². The second kappa shape index (κ2) is 5.25. The molecule has 0 unspecified atom stereocenters. The first-order chi connectivity index (χ1) is 7.49. The van der Waals surface area contributed by atoms with E-state index in [0.717, 1.165) is 5.56 Å². The van der Waals surface area contributed by atoms with Gasteiger partial charge in [0.25, 0.3) is 12.5 Å². The van der Waals surface area contributed by atoms with Crippen molar-refractivity contribution in [2.75, 3.05) is 11.9 Å². The van der Waals surface area contributed by atoms with Crippen molar-refractivity contribution in [2.45, 2.75) is 19.8 Å². The highest BCUT2D eigenvalue weighted by atomic mass is 16.6. The lowest BCUT2D eigenvalue weighted by Gasteiger charge is -2.07. The lowest BCUT2D eigenvalue weighted by Crippen LogP contribution is -2.21. The fourth-order valence-electron chi connectivity index (χ4n) is 1.27. The van der Waals surface area contributed by atoms with Gasteiger partial charge in [0.05, 0.1) is 0 Å². The van der Waals surface area contributed by atoms with Gasteiger partial charge < -0.3 is 5.32 Å². The molecular formula is C11H14N2O3. The molecule has 5 nitrogen and oxygen atoms in total. The van der Waals surface area contributed by atoms with E-state index < -0.39 is 17.4 Å². The van der Waals surface area contributed by atoms with Crippen LogP contribution in [-0.2, 0) is 4.79 Å². The first-order valence-corrected chi connectivity index (χ1v) is 5.00. The maximum atomic E-state index is 11.1. The Balaban J connectivity index is 2.62. The van der Waals surface area contributed by atoms with E-state index >= 15 is 0 Å². The van der Waals surface area contributed by atoms with Crippen LogP contribution in [-0.4, -0.2) is 17.4 Å². The van der Waals surface area contributed by atoms with E-state index in [-0.39, 0.29) is 0 Å². The number of rotatable bonds is 4. The largest absolute Gasteiger partial charge is 0.320 e. The average molecular weight is 222 g/mol. The van der Waals surface area contributed by atoms with Crippen LogP contribution >= 0.6 is 0 Å². The summed E-state index contributed by atoms with van der Waals surface area (Å²) >= 11 is 0. The number of carbonyl (C=O) groups excluding carboxylic acids is 1. The Hall–Kier alpha value is -1.91. The number of hydrogen-bond acceptors (Lipinski definition) is 3. The molecule has 1 aromatic rings. The fraction of sp³-hybridized carbons (Fsp3) is 0.364. The molecule has 86 valence electrons. The van der Waals surface area contributed by atoms with Crippen LogP contribution in [0.2, 0.25) is 0 Å². The first kappa shape index (κ1) is 12.2. The van der Waals surface area contributed by atoms with E-state index in [2.05, 4.69) is 19.2 Å². The molecule has 5 heteroatoms. The van der Waals surface area contributed by atoms with Crippen molar-refractivity contribution < 1.29 is 9.72 Å². The van der Waals surface area contributed by atoms with Crippen LogP contribution in [0.25, 0.3) is 0 Å². The lowest BCUT2D eigenvalue weighted by atomic mass is 10.0. The molecule has 0 bridgehead atoms. The van der Waals surface area contributed by atoms with E-state index in [4.69, 9.17) is 0 Å². The maximum Gasteiger partial charge on any atom is 0.296 e. The molecule has 0 aliphatic rings. The van der Waals surface area contributed by atoms with E-state index in [1.54, 1.807) is 12.1 Å². The van der Waals surface area contributed by atoms with Gasteiger partial charge in [-0.2, -0.15) is 0 Å². The highest BCUT2D eigenvalue weighted by molar-refractivity contribution is 5.91. The van der Waals surface area contributed by atoms with Crippen LogP contribution in [0.15, 0.2) is 24.3 Å². The van der Waals surface area contributed by atoms with E-state index in [1.165, 1.54) is 0 Å². The SMILES string of the molecule is CC(C)c1ccc(NC(=O)C[N+](=O)[O-])cc1. The van der Waals surface area contributed by atoms with Crippen LogP contribution in [0.4, 0.5) is 5.69 Å². The summed E-state index contributed by atoms with van der Waals surface area (Å²) < 4.78 is 0. The van der Waals surface area contributed by atoms with Crippen LogP contribution in [0.1, 0.15) is 25.3 Å². The van der Waals surface area contributed by atoms with E-state index in [1.807, 2.05) is 12.1 Å². The van der Waals surface area contributed by atoms with Gasteiger partial charge >= 0.3 is 0 Å². The van der Waals surface area contributed by atoms with Crippen LogP contribution in [0.5, 0.6) is 0 Å².